The molecule has 2 aromatic rings. The van der Waals surface area contributed by atoms with Crippen molar-refractivity contribution in [2.75, 3.05) is 13.1 Å². The zero-order valence-corrected chi connectivity index (χ0v) is 12.3. The summed E-state index contributed by atoms with van der Waals surface area (Å²) >= 11 is 0. The van der Waals surface area contributed by atoms with Crippen LogP contribution in [0.15, 0.2) is 36.4 Å². The Morgan fingerprint density at radius 1 is 1.20 bits per heavy atom. The normalized spacial score (nSPS) is 11.0. The van der Waals surface area contributed by atoms with E-state index in [4.69, 9.17) is 0 Å². The number of hydrogen-bond donors (Lipinski definition) is 1. The fourth-order valence-electron chi connectivity index (χ4n) is 2.39. The van der Waals surface area contributed by atoms with Crippen molar-refractivity contribution in [2.45, 2.75) is 20.8 Å². The number of carbonyl (C=O) groups excluding carboxylic acids is 1. The Bertz CT molecular complexity index is 619. The van der Waals surface area contributed by atoms with Crippen molar-refractivity contribution < 1.29 is 9.90 Å². The molecule has 0 fully saturated rings. The second-order valence-electron chi connectivity index (χ2n) is 5.42. The third-order valence-corrected chi connectivity index (χ3v) is 3.39. The van der Waals surface area contributed by atoms with Crippen molar-refractivity contribution in [3.8, 4) is 5.75 Å². The van der Waals surface area contributed by atoms with Crippen molar-refractivity contribution in [1.29, 1.82) is 0 Å². The van der Waals surface area contributed by atoms with E-state index in [9.17, 15) is 9.90 Å². The number of carbonyl (C=O) groups is 1. The van der Waals surface area contributed by atoms with Gasteiger partial charge in [0.15, 0.2) is 0 Å². The van der Waals surface area contributed by atoms with Crippen LogP contribution in [0.25, 0.3) is 10.8 Å². The van der Waals surface area contributed by atoms with Crippen molar-refractivity contribution >= 4 is 16.7 Å². The van der Waals surface area contributed by atoms with E-state index < -0.39 is 0 Å². The number of hydrogen-bond acceptors (Lipinski definition) is 2. The summed E-state index contributed by atoms with van der Waals surface area (Å²) < 4.78 is 0. The minimum absolute atomic E-state index is 0.0790. The van der Waals surface area contributed by atoms with Gasteiger partial charge >= 0.3 is 0 Å². The highest BCUT2D eigenvalue weighted by Crippen LogP contribution is 2.29. The maximum Gasteiger partial charge on any atom is 0.257 e. The molecule has 0 aliphatic carbocycles. The Morgan fingerprint density at radius 2 is 1.90 bits per heavy atom. The first-order valence-electron chi connectivity index (χ1n) is 7.04. The summed E-state index contributed by atoms with van der Waals surface area (Å²) in [6.07, 6.45) is 0. The van der Waals surface area contributed by atoms with Crippen molar-refractivity contribution in [3.05, 3.63) is 42.0 Å². The number of fused-ring (bicyclic) bond motifs is 1. The highest BCUT2D eigenvalue weighted by Gasteiger charge is 2.19. The Balaban J connectivity index is 2.41. The molecule has 20 heavy (non-hydrogen) atoms. The summed E-state index contributed by atoms with van der Waals surface area (Å²) in [6.45, 7) is 7.45. The van der Waals surface area contributed by atoms with Gasteiger partial charge in [0, 0.05) is 18.5 Å². The van der Waals surface area contributed by atoms with Gasteiger partial charge in [0.05, 0.1) is 5.56 Å². The summed E-state index contributed by atoms with van der Waals surface area (Å²) in [5.41, 5.74) is 0.381. The topological polar surface area (TPSA) is 40.5 Å². The first kappa shape index (κ1) is 14.4. The Kier molecular flexibility index (Phi) is 4.28. The SMILES string of the molecule is CCN(CC(C)C)C(=O)c1ccc2ccccc2c1O. The highest BCUT2D eigenvalue weighted by molar-refractivity contribution is 6.03. The van der Waals surface area contributed by atoms with Crippen LogP contribution in [0.4, 0.5) is 0 Å². The van der Waals surface area contributed by atoms with Crippen LogP contribution in [0.3, 0.4) is 0 Å². The molecule has 0 spiro atoms. The molecule has 0 bridgehead atoms. The molecule has 0 radical (unpaired) electrons. The van der Waals surface area contributed by atoms with Crippen molar-refractivity contribution in [3.63, 3.8) is 0 Å². The molecule has 0 atom stereocenters. The lowest BCUT2D eigenvalue weighted by atomic mass is 10.0. The highest BCUT2D eigenvalue weighted by atomic mass is 16.3. The molecule has 3 heteroatoms. The summed E-state index contributed by atoms with van der Waals surface area (Å²) in [4.78, 5) is 14.3. The van der Waals surface area contributed by atoms with Crippen molar-refractivity contribution in [1.82, 2.24) is 4.90 Å². The third-order valence-electron chi connectivity index (χ3n) is 3.39. The number of rotatable bonds is 4. The maximum atomic E-state index is 12.5. The quantitative estimate of drug-likeness (QED) is 0.921. The van der Waals surface area contributed by atoms with Gasteiger partial charge in [0.25, 0.3) is 5.91 Å². The number of phenols is 1. The van der Waals surface area contributed by atoms with Gasteiger partial charge in [-0.3, -0.25) is 4.79 Å². The zero-order chi connectivity index (χ0) is 14.7. The van der Waals surface area contributed by atoms with Crippen LogP contribution in [-0.4, -0.2) is 29.0 Å². The molecule has 1 N–H and O–H groups in total. The minimum atomic E-state index is -0.107. The van der Waals surface area contributed by atoms with E-state index >= 15 is 0 Å². The van der Waals surface area contributed by atoms with Gasteiger partial charge in [-0.25, -0.2) is 0 Å². The fourth-order valence-corrected chi connectivity index (χ4v) is 2.39. The van der Waals surface area contributed by atoms with Crippen LogP contribution < -0.4 is 0 Å². The molecular formula is C17H21NO2. The average molecular weight is 271 g/mol. The molecule has 0 saturated heterocycles. The van der Waals surface area contributed by atoms with Crippen LogP contribution in [-0.2, 0) is 0 Å². The Morgan fingerprint density at radius 3 is 2.55 bits per heavy atom. The van der Waals surface area contributed by atoms with Crippen LogP contribution >= 0.6 is 0 Å². The molecule has 0 aliphatic rings. The maximum absolute atomic E-state index is 12.5. The lowest BCUT2D eigenvalue weighted by molar-refractivity contribution is 0.0743. The number of amides is 1. The third kappa shape index (κ3) is 2.77. The van der Waals surface area contributed by atoms with Gasteiger partial charge in [-0.2, -0.15) is 0 Å². The van der Waals surface area contributed by atoms with Gasteiger partial charge in [-0.15, -0.1) is 0 Å². The molecule has 1 amide bonds. The number of nitrogens with zero attached hydrogens (tertiary/aromatic N) is 1. The van der Waals surface area contributed by atoms with Gasteiger partial charge in [0.1, 0.15) is 5.75 Å². The summed E-state index contributed by atoms with van der Waals surface area (Å²) in [6, 6.07) is 11.1. The lowest BCUT2D eigenvalue weighted by Gasteiger charge is -2.23. The molecule has 2 aromatic carbocycles. The van der Waals surface area contributed by atoms with Gasteiger partial charge in [-0.1, -0.05) is 44.2 Å². The van der Waals surface area contributed by atoms with E-state index in [2.05, 4.69) is 13.8 Å². The first-order valence-corrected chi connectivity index (χ1v) is 7.04. The van der Waals surface area contributed by atoms with E-state index in [1.54, 1.807) is 11.0 Å². The van der Waals surface area contributed by atoms with Crippen LogP contribution in [0.1, 0.15) is 31.1 Å². The molecular weight excluding hydrogens is 250 g/mol. The first-order chi connectivity index (χ1) is 9.54. The number of benzene rings is 2. The Labute approximate surface area is 119 Å². The molecule has 3 nitrogen and oxygen atoms in total. The largest absolute Gasteiger partial charge is 0.506 e. The van der Waals surface area contributed by atoms with E-state index in [1.165, 1.54) is 0 Å². The molecule has 0 heterocycles. The number of aromatic hydroxyl groups is 1. The average Bonchev–Trinajstić information content (AvgIpc) is 2.44. The van der Waals surface area contributed by atoms with Gasteiger partial charge in [0.2, 0.25) is 0 Å². The summed E-state index contributed by atoms with van der Waals surface area (Å²) in [5, 5.41) is 12.0. The molecule has 0 unspecified atom stereocenters. The minimum Gasteiger partial charge on any atom is -0.506 e. The fraction of sp³-hybridized carbons (Fsp3) is 0.353. The second-order valence-corrected chi connectivity index (χ2v) is 5.42. The number of phenolic OH excluding ortho intramolecular Hbond substituents is 1. The van der Waals surface area contributed by atoms with E-state index in [-0.39, 0.29) is 11.7 Å². The molecule has 2 rings (SSSR count). The summed E-state index contributed by atoms with van der Waals surface area (Å²) in [7, 11) is 0. The van der Waals surface area contributed by atoms with Gasteiger partial charge < -0.3 is 10.0 Å². The monoisotopic (exact) mass is 271 g/mol. The Hall–Kier alpha value is -2.03. The zero-order valence-electron chi connectivity index (χ0n) is 12.3. The second kappa shape index (κ2) is 5.95. The summed E-state index contributed by atoms with van der Waals surface area (Å²) in [5.74, 6) is 0.376. The van der Waals surface area contributed by atoms with Crippen LogP contribution in [0.5, 0.6) is 5.75 Å². The standard InChI is InChI=1S/C17H21NO2/c1-4-18(11-12(2)3)17(20)15-10-9-13-7-5-6-8-14(13)16(15)19/h5-10,12,19H,4,11H2,1-3H3. The predicted molar refractivity (Wildman–Crippen MR) is 82.0 cm³/mol. The lowest BCUT2D eigenvalue weighted by Crippen LogP contribution is -2.34. The molecule has 106 valence electrons. The van der Waals surface area contributed by atoms with E-state index in [0.29, 0.717) is 24.6 Å². The smallest absolute Gasteiger partial charge is 0.257 e. The predicted octanol–water partition coefficient (Wildman–Crippen LogP) is 3.66. The molecule has 0 saturated carbocycles. The van der Waals surface area contributed by atoms with Crippen molar-refractivity contribution in [2.24, 2.45) is 5.92 Å². The van der Waals surface area contributed by atoms with Gasteiger partial charge in [-0.05, 0) is 24.3 Å². The molecule has 0 aromatic heterocycles. The van der Waals surface area contributed by atoms with Crippen LogP contribution in [0.2, 0.25) is 0 Å². The molecule has 0 aliphatic heterocycles. The van der Waals surface area contributed by atoms with E-state index in [0.717, 1.165) is 10.8 Å². The van der Waals surface area contributed by atoms with Crippen LogP contribution in [0, 0.1) is 5.92 Å². The van der Waals surface area contributed by atoms with E-state index in [1.807, 2.05) is 37.3 Å².